The van der Waals surface area contributed by atoms with Crippen molar-refractivity contribution >= 4 is 11.7 Å². The second kappa shape index (κ2) is 9.25. The van der Waals surface area contributed by atoms with E-state index in [-0.39, 0.29) is 12.1 Å². The van der Waals surface area contributed by atoms with Crippen LogP contribution < -0.4 is 26.8 Å². The number of carbonyl (C=O) groups excluding carboxylic acids is 1. The molecule has 28 heavy (non-hydrogen) atoms. The molecular formula is C19H24N8O. The van der Waals surface area contributed by atoms with Crippen molar-refractivity contribution in [2.24, 2.45) is 0 Å². The number of nitriles is 1. The van der Waals surface area contributed by atoms with Crippen LogP contribution in [0.4, 0.5) is 5.82 Å². The Morgan fingerprint density at radius 2 is 1.96 bits per heavy atom. The summed E-state index contributed by atoms with van der Waals surface area (Å²) in [5.41, 5.74) is 13.7. The van der Waals surface area contributed by atoms with E-state index in [2.05, 4.69) is 33.0 Å². The van der Waals surface area contributed by atoms with Crippen molar-refractivity contribution in [1.29, 1.82) is 5.26 Å². The number of hydrogen-bond donors (Lipinski definition) is 4. The molecule has 0 unspecified atom stereocenters. The van der Waals surface area contributed by atoms with E-state index < -0.39 is 0 Å². The van der Waals surface area contributed by atoms with Gasteiger partial charge in [0, 0.05) is 38.4 Å². The largest absolute Gasteiger partial charge is 0.358 e. The third-order valence-electron chi connectivity index (χ3n) is 4.64. The molecule has 4 N–H and O–H groups in total. The lowest BCUT2D eigenvalue weighted by molar-refractivity contribution is 0.0766. The van der Waals surface area contributed by atoms with Gasteiger partial charge in [-0.3, -0.25) is 4.79 Å². The molecule has 3 rings (SSSR count). The van der Waals surface area contributed by atoms with Crippen LogP contribution in [0.1, 0.15) is 34.6 Å². The van der Waals surface area contributed by atoms with Crippen LogP contribution in [-0.2, 0) is 0 Å². The van der Waals surface area contributed by atoms with Crippen molar-refractivity contribution in [1.82, 2.24) is 31.8 Å². The van der Waals surface area contributed by atoms with Gasteiger partial charge in [-0.05, 0) is 30.7 Å². The van der Waals surface area contributed by atoms with Crippen molar-refractivity contribution in [2.75, 3.05) is 31.6 Å². The molecule has 0 spiro atoms. The summed E-state index contributed by atoms with van der Waals surface area (Å²) >= 11 is 0. The number of likely N-dealkylation sites (N-methyl/N-ethyl adjacent to an activating group) is 2. The van der Waals surface area contributed by atoms with E-state index in [1.165, 1.54) is 0 Å². The molecule has 0 bridgehead atoms. The summed E-state index contributed by atoms with van der Waals surface area (Å²) in [5, 5.41) is 9.05. The molecule has 1 fully saturated rings. The van der Waals surface area contributed by atoms with Crippen molar-refractivity contribution in [3.05, 3.63) is 59.3 Å². The van der Waals surface area contributed by atoms with Crippen LogP contribution in [0.3, 0.4) is 0 Å². The molecule has 0 aliphatic carbocycles. The molecule has 1 aliphatic rings. The standard InChI is InChI=1S/C19H24N8O/c1-3-27(11-10-26(2)17-12-14(13-20)8-9-21-17)19(28)16-7-5-4-6-15(16)18-22-24-25-23-18/h4-9,12,18,22-25H,3,10-11H2,1-2H3. The van der Waals surface area contributed by atoms with E-state index in [4.69, 9.17) is 5.26 Å². The van der Waals surface area contributed by atoms with E-state index >= 15 is 0 Å². The van der Waals surface area contributed by atoms with E-state index in [0.717, 1.165) is 5.56 Å². The van der Waals surface area contributed by atoms with Crippen LogP contribution >= 0.6 is 0 Å². The molecule has 1 amide bonds. The maximum absolute atomic E-state index is 13.2. The lowest BCUT2D eigenvalue weighted by atomic mass is 10.0. The minimum absolute atomic E-state index is 0.0271. The highest BCUT2D eigenvalue weighted by molar-refractivity contribution is 5.96. The highest BCUT2D eigenvalue weighted by Gasteiger charge is 2.24. The Kier molecular flexibility index (Phi) is 6.52. The fourth-order valence-electron chi connectivity index (χ4n) is 3.01. The van der Waals surface area contributed by atoms with E-state index in [1.54, 1.807) is 23.2 Å². The van der Waals surface area contributed by atoms with Gasteiger partial charge in [-0.1, -0.05) is 18.2 Å². The van der Waals surface area contributed by atoms with Gasteiger partial charge in [-0.25, -0.2) is 15.8 Å². The van der Waals surface area contributed by atoms with Gasteiger partial charge in [-0.2, -0.15) is 16.3 Å². The molecule has 2 heterocycles. The predicted octanol–water partition coefficient (Wildman–Crippen LogP) is 0.667. The van der Waals surface area contributed by atoms with Crippen molar-refractivity contribution < 1.29 is 4.79 Å². The molecule has 1 aromatic heterocycles. The number of nitrogens with zero attached hydrogens (tertiary/aromatic N) is 4. The second-order valence-electron chi connectivity index (χ2n) is 6.38. The number of aromatic nitrogens is 1. The van der Waals surface area contributed by atoms with Crippen LogP contribution in [0.15, 0.2) is 42.6 Å². The zero-order valence-corrected chi connectivity index (χ0v) is 15.9. The van der Waals surface area contributed by atoms with Crippen LogP contribution in [0.5, 0.6) is 0 Å². The van der Waals surface area contributed by atoms with Gasteiger partial charge < -0.3 is 9.80 Å². The fourth-order valence-corrected chi connectivity index (χ4v) is 3.01. The van der Waals surface area contributed by atoms with Crippen LogP contribution in [-0.4, -0.2) is 42.5 Å². The second-order valence-corrected chi connectivity index (χ2v) is 6.38. The minimum atomic E-state index is -0.209. The van der Waals surface area contributed by atoms with Gasteiger partial charge >= 0.3 is 0 Å². The molecule has 0 radical (unpaired) electrons. The van der Waals surface area contributed by atoms with Gasteiger partial charge in [0.2, 0.25) is 0 Å². The molecule has 1 saturated heterocycles. The Bertz CT molecular complexity index is 859. The average Bonchev–Trinajstić information content (AvgIpc) is 3.28. The highest BCUT2D eigenvalue weighted by atomic mass is 16.2. The Balaban J connectivity index is 1.70. The lowest BCUT2D eigenvalue weighted by Gasteiger charge is -2.26. The smallest absolute Gasteiger partial charge is 0.254 e. The van der Waals surface area contributed by atoms with Crippen molar-refractivity contribution in [2.45, 2.75) is 13.1 Å². The molecule has 9 nitrogen and oxygen atoms in total. The molecule has 0 saturated carbocycles. The molecule has 0 atom stereocenters. The summed E-state index contributed by atoms with van der Waals surface area (Å²) in [6.07, 6.45) is 1.41. The highest BCUT2D eigenvalue weighted by Crippen LogP contribution is 2.19. The molecule has 2 aromatic rings. The van der Waals surface area contributed by atoms with Gasteiger partial charge in [0.05, 0.1) is 11.6 Å². The summed E-state index contributed by atoms with van der Waals surface area (Å²) in [7, 11) is 1.90. The van der Waals surface area contributed by atoms with Gasteiger partial charge in [-0.15, -0.1) is 0 Å². The summed E-state index contributed by atoms with van der Waals surface area (Å²) in [6, 6.07) is 13.1. The first kappa shape index (κ1) is 19.7. The van der Waals surface area contributed by atoms with Crippen LogP contribution in [0, 0.1) is 11.3 Å². The Morgan fingerprint density at radius 1 is 1.21 bits per heavy atom. The summed E-state index contributed by atoms with van der Waals surface area (Å²) in [5.74, 6) is 0.681. The average molecular weight is 380 g/mol. The first-order valence-corrected chi connectivity index (χ1v) is 9.10. The molecule has 1 aliphatic heterocycles. The van der Waals surface area contributed by atoms with E-state index in [9.17, 15) is 4.79 Å². The van der Waals surface area contributed by atoms with Crippen molar-refractivity contribution in [3.8, 4) is 6.07 Å². The van der Waals surface area contributed by atoms with Crippen molar-refractivity contribution in [3.63, 3.8) is 0 Å². The number of carbonyl (C=O) groups is 1. The number of anilines is 1. The minimum Gasteiger partial charge on any atom is -0.358 e. The van der Waals surface area contributed by atoms with E-state index in [1.807, 2.05) is 43.1 Å². The number of benzene rings is 1. The molecule has 9 heteroatoms. The summed E-state index contributed by atoms with van der Waals surface area (Å²) in [4.78, 5) is 21.2. The third-order valence-corrected chi connectivity index (χ3v) is 4.64. The van der Waals surface area contributed by atoms with E-state index in [0.29, 0.717) is 36.6 Å². The zero-order chi connectivity index (χ0) is 19.9. The first-order chi connectivity index (χ1) is 13.6. The topological polar surface area (TPSA) is 108 Å². The number of pyridine rings is 1. The first-order valence-electron chi connectivity index (χ1n) is 9.10. The van der Waals surface area contributed by atoms with Gasteiger partial charge in [0.15, 0.2) is 0 Å². The van der Waals surface area contributed by atoms with Gasteiger partial charge in [0.1, 0.15) is 12.0 Å². The number of hydrogen-bond acceptors (Lipinski definition) is 8. The van der Waals surface area contributed by atoms with Gasteiger partial charge in [0.25, 0.3) is 5.91 Å². The molecule has 1 aromatic carbocycles. The SMILES string of the molecule is CCN(CCN(C)c1cc(C#N)ccn1)C(=O)c1ccccc1C1NNNN1. The Labute approximate surface area is 164 Å². The normalized spacial score (nSPS) is 13.9. The molecular weight excluding hydrogens is 356 g/mol. The predicted molar refractivity (Wildman–Crippen MR) is 106 cm³/mol. The number of hydrazine groups is 3. The van der Waals surface area contributed by atoms with Crippen LogP contribution in [0.2, 0.25) is 0 Å². The maximum atomic E-state index is 13.2. The quantitative estimate of drug-likeness (QED) is 0.555. The maximum Gasteiger partial charge on any atom is 0.254 e. The summed E-state index contributed by atoms with van der Waals surface area (Å²) < 4.78 is 0. The Morgan fingerprint density at radius 3 is 2.68 bits per heavy atom. The molecule has 146 valence electrons. The lowest BCUT2D eigenvalue weighted by Crippen LogP contribution is -2.39. The third kappa shape index (κ3) is 4.44. The Hall–Kier alpha value is -3.03. The number of rotatable bonds is 7. The summed E-state index contributed by atoms with van der Waals surface area (Å²) in [6.45, 7) is 3.70. The fraction of sp³-hybridized carbons (Fsp3) is 0.316. The van der Waals surface area contributed by atoms with Crippen LogP contribution in [0.25, 0.3) is 0 Å². The number of nitrogens with one attached hydrogen (secondary N) is 4. The monoisotopic (exact) mass is 380 g/mol. The zero-order valence-electron chi connectivity index (χ0n) is 15.9. The number of amides is 1.